The Bertz CT molecular complexity index is 615. The lowest BCUT2D eigenvalue weighted by molar-refractivity contribution is -0.0328. The van der Waals surface area contributed by atoms with E-state index < -0.39 is 5.51 Å². The minimum Gasteiger partial charge on any atom is -0.329 e. The number of hydrogen-bond acceptors (Lipinski definition) is 3. The van der Waals surface area contributed by atoms with Gasteiger partial charge >= 0.3 is 5.51 Å². The van der Waals surface area contributed by atoms with Gasteiger partial charge in [-0.1, -0.05) is 0 Å². The average molecular weight is 293 g/mol. The van der Waals surface area contributed by atoms with Crippen molar-refractivity contribution in [3.05, 3.63) is 22.6 Å². The van der Waals surface area contributed by atoms with E-state index in [4.69, 9.17) is 12.2 Å². The maximum absolute atomic E-state index is 12.1. The molecule has 18 heavy (non-hydrogen) atoms. The normalized spacial score (nSPS) is 12.2. The summed E-state index contributed by atoms with van der Waals surface area (Å²) >= 11 is 5.02. The van der Waals surface area contributed by atoms with Crippen molar-refractivity contribution in [3.63, 3.8) is 0 Å². The van der Waals surface area contributed by atoms with Gasteiger partial charge in [-0.05, 0) is 43.0 Å². The molecule has 0 saturated heterocycles. The third-order valence-electron chi connectivity index (χ3n) is 2.34. The summed E-state index contributed by atoms with van der Waals surface area (Å²) in [6.07, 6.45) is 0. The van der Waals surface area contributed by atoms with Crippen molar-refractivity contribution in [3.8, 4) is 0 Å². The maximum Gasteiger partial charge on any atom is 0.441 e. The Hall–Kier alpha value is -1.02. The minimum absolute atomic E-state index is 0.0555. The highest BCUT2D eigenvalue weighted by atomic mass is 32.2. The number of nitrogens with zero attached hydrogens (tertiary/aromatic N) is 2. The van der Waals surface area contributed by atoms with Crippen LogP contribution < -0.4 is 0 Å². The summed E-state index contributed by atoms with van der Waals surface area (Å²) in [5, 5.41) is 0. The molecular weight excluding hydrogens is 283 g/mol. The molecule has 0 bridgehead atoms. The van der Waals surface area contributed by atoms with E-state index in [1.807, 2.05) is 19.1 Å². The summed E-state index contributed by atoms with van der Waals surface area (Å²) in [5.74, 6) is -0.0830. The van der Waals surface area contributed by atoms with Gasteiger partial charge in [0.15, 0.2) is 10.4 Å². The molecule has 98 valence electrons. The third-order valence-corrected chi connectivity index (χ3v) is 3.37. The number of pyridine rings is 1. The van der Waals surface area contributed by atoms with Gasteiger partial charge in [0.25, 0.3) is 0 Å². The molecule has 2 aromatic rings. The van der Waals surface area contributed by atoms with Gasteiger partial charge in [-0.2, -0.15) is 13.2 Å². The Morgan fingerprint density at radius 2 is 2.17 bits per heavy atom. The Morgan fingerprint density at radius 3 is 2.83 bits per heavy atom. The number of thioether (sulfide) groups is 1. The maximum atomic E-state index is 12.1. The average Bonchev–Trinajstić information content (AvgIpc) is 2.54. The fourth-order valence-electron chi connectivity index (χ4n) is 1.59. The molecule has 0 saturated carbocycles. The largest absolute Gasteiger partial charge is 0.441 e. The van der Waals surface area contributed by atoms with Crippen molar-refractivity contribution in [2.24, 2.45) is 0 Å². The number of imidazole rings is 1. The smallest absolute Gasteiger partial charge is 0.329 e. The highest BCUT2D eigenvalue weighted by molar-refractivity contribution is 8.00. The first-order valence-electron chi connectivity index (χ1n) is 5.14. The SMILES string of the molecule is Cc1ccc2[nH]c(=S)n(CCSC(F)(F)F)c2n1. The molecule has 3 nitrogen and oxygen atoms in total. The van der Waals surface area contributed by atoms with E-state index in [1.165, 1.54) is 0 Å². The summed E-state index contributed by atoms with van der Waals surface area (Å²) in [6.45, 7) is 2.00. The topological polar surface area (TPSA) is 33.6 Å². The Balaban J connectivity index is 2.25. The number of aromatic nitrogens is 3. The summed E-state index contributed by atoms with van der Waals surface area (Å²) in [5.41, 5.74) is -2.07. The zero-order chi connectivity index (χ0) is 13.3. The van der Waals surface area contributed by atoms with E-state index in [0.29, 0.717) is 10.4 Å². The van der Waals surface area contributed by atoms with Gasteiger partial charge in [-0.25, -0.2) is 4.98 Å². The Kier molecular flexibility index (Phi) is 3.67. The van der Waals surface area contributed by atoms with Crippen LogP contribution in [0.25, 0.3) is 11.2 Å². The predicted molar refractivity (Wildman–Crippen MR) is 68.2 cm³/mol. The second kappa shape index (κ2) is 4.93. The van der Waals surface area contributed by atoms with Crippen LogP contribution >= 0.6 is 24.0 Å². The van der Waals surface area contributed by atoms with Crippen LogP contribution in [0.15, 0.2) is 12.1 Å². The Labute approximate surface area is 110 Å². The predicted octanol–water partition coefficient (Wildman–Crippen LogP) is 3.66. The van der Waals surface area contributed by atoms with Crippen molar-refractivity contribution >= 4 is 35.1 Å². The van der Waals surface area contributed by atoms with Gasteiger partial charge < -0.3 is 9.55 Å². The van der Waals surface area contributed by atoms with Gasteiger partial charge in [0.05, 0.1) is 5.52 Å². The first-order chi connectivity index (χ1) is 8.37. The second-order valence-corrected chi connectivity index (χ2v) is 5.25. The second-order valence-electron chi connectivity index (χ2n) is 3.70. The highest BCUT2D eigenvalue weighted by Crippen LogP contribution is 2.30. The molecule has 0 spiro atoms. The molecule has 0 radical (unpaired) electrons. The third kappa shape index (κ3) is 3.05. The van der Waals surface area contributed by atoms with Gasteiger partial charge in [0, 0.05) is 18.0 Å². The van der Waals surface area contributed by atoms with Gasteiger partial charge in [0.2, 0.25) is 0 Å². The van der Waals surface area contributed by atoms with Crippen LogP contribution in [0.2, 0.25) is 0 Å². The fourth-order valence-corrected chi connectivity index (χ4v) is 2.38. The Morgan fingerprint density at radius 1 is 1.44 bits per heavy atom. The van der Waals surface area contributed by atoms with Crippen molar-refractivity contribution in [1.82, 2.24) is 14.5 Å². The number of aromatic amines is 1. The monoisotopic (exact) mass is 293 g/mol. The van der Waals surface area contributed by atoms with Crippen LogP contribution in [0.5, 0.6) is 0 Å². The van der Waals surface area contributed by atoms with Crippen LogP contribution in [0.4, 0.5) is 13.2 Å². The van der Waals surface area contributed by atoms with Crippen molar-refractivity contribution in [2.45, 2.75) is 19.0 Å². The lowest BCUT2D eigenvalue weighted by atomic mass is 10.3. The molecule has 0 atom stereocenters. The van der Waals surface area contributed by atoms with Gasteiger partial charge in [-0.3, -0.25) is 0 Å². The van der Waals surface area contributed by atoms with E-state index in [2.05, 4.69) is 9.97 Å². The molecule has 2 aromatic heterocycles. The van der Waals surface area contributed by atoms with Crippen LogP contribution in [-0.4, -0.2) is 25.8 Å². The zero-order valence-electron chi connectivity index (χ0n) is 9.41. The number of alkyl halides is 3. The summed E-state index contributed by atoms with van der Waals surface area (Å²) in [7, 11) is 0. The van der Waals surface area contributed by atoms with Gasteiger partial charge in [-0.15, -0.1) is 0 Å². The lowest BCUT2D eigenvalue weighted by Crippen LogP contribution is -2.07. The molecule has 8 heteroatoms. The van der Waals surface area contributed by atoms with E-state index in [9.17, 15) is 13.2 Å². The van der Waals surface area contributed by atoms with Crippen LogP contribution in [-0.2, 0) is 6.54 Å². The number of nitrogens with one attached hydrogen (secondary N) is 1. The van der Waals surface area contributed by atoms with Crippen molar-refractivity contribution < 1.29 is 13.2 Å². The first-order valence-corrected chi connectivity index (χ1v) is 6.53. The molecule has 0 fully saturated rings. The molecule has 1 N–H and O–H groups in total. The summed E-state index contributed by atoms with van der Waals surface area (Å²) in [4.78, 5) is 7.21. The standard InChI is InChI=1S/C10H10F3N3S2/c1-6-2-3-7-8(14-6)16(9(17)15-7)4-5-18-10(11,12)13/h2-3H,4-5H2,1H3,(H,15,17). The van der Waals surface area contributed by atoms with E-state index in [-0.39, 0.29) is 24.1 Å². The molecule has 0 aromatic carbocycles. The summed E-state index contributed by atoms with van der Waals surface area (Å²) in [6, 6.07) is 3.64. The van der Waals surface area contributed by atoms with Crippen LogP contribution in [0.3, 0.4) is 0 Å². The van der Waals surface area contributed by atoms with Gasteiger partial charge in [0.1, 0.15) is 0 Å². The molecule has 0 aliphatic heterocycles. The van der Waals surface area contributed by atoms with E-state index in [1.54, 1.807) is 4.57 Å². The van der Waals surface area contributed by atoms with E-state index >= 15 is 0 Å². The van der Waals surface area contributed by atoms with Crippen LogP contribution in [0.1, 0.15) is 5.69 Å². The number of rotatable bonds is 3. The molecular formula is C10H10F3N3S2. The van der Waals surface area contributed by atoms with Crippen LogP contribution in [0, 0.1) is 11.7 Å². The lowest BCUT2D eigenvalue weighted by Gasteiger charge is -2.06. The fraction of sp³-hybridized carbons (Fsp3) is 0.400. The molecule has 0 amide bonds. The number of aryl methyl sites for hydroxylation is 2. The summed E-state index contributed by atoms with van der Waals surface area (Å²) < 4.78 is 38.2. The molecule has 0 aliphatic rings. The molecule has 2 heterocycles. The number of halogens is 3. The number of fused-ring (bicyclic) bond motifs is 1. The number of hydrogen-bond donors (Lipinski definition) is 1. The molecule has 0 unspecified atom stereocenters. The minimum atomic E-state index is -4.21. The molecule has 0 aliphatic carbocycles. The zero-order valence-corrected chi connectivity index (χ0v) is 11.0. The quantitative estimate of drug-likeness (QED) is 0.877. The van der Waals surface area contributed by atoms with Crippen molar-refractivity contribution in [1.29, 1.82) is 0 Å². The number of H-pyrrole nitrogens is 1. The molecule has 2 rings (SSSR count). The van der Waals surface area contributed by atoms with Crippen molar-refractivity contribution in [2.75, 3.05) is 5.75 Å². The van der Waals surface area contributed by atoms with E-state index in [0.717, 1.165) is 11.2 Å². The highest BCUT2D eigenvalue weighted by Gasteiger charge is 2.27. The first kappa shape index (κ1) is 13.4.